The normalized spacial score (nSPS) is 18.3. The average molecular weight is 391 g/mol. The van der Waals surface area contributed by atoms with Crippen LogP contribution in [0.4, 0.5) is 4.79 Å². The molecule has 2 N–H and O–H groups in total. The summed E-state index contributed by atoms with van der Waals surface area (Å²) in [6.45, 7) is -0.557. The highest BCUT2D eigenvalue weighted by atomic mass is 32.2. The Kier molecular flexibility index (Phi) is 6.00. The van der Waals surface area contributed by atoms with Gasteiger partial charge in [-0.25, -0.2) is 4.79 Å². The number of imide groups is 1. The van der Waals surface area contributed by atoms with Crippen molar-refractivity contribution < 1.29 is 23.9 Å². The summed E-state index contributed by atoms with van der Waals surface area (Å²) in [4.78, 5) is 49.2. The highest BCUT2D eigenvalue weighted by molar-refractivity contribution is 8.00. The lowest BCUT2D eigenvalue weighted by Gasteiger charge is -2.30. The molecule has 9 heteroatoms. The van der Waals surface area contributed by atoms with Crippen LogP contribution in [-0.2, 0) is 19.1 Å². The predicted octanol–water partition coefficient (Wildman–Crippen LogP) is 1.61. The van der Waals surface area contributed by atoms with Crippen molar-refractivity contribution >= 4 is 35.6 Å². The number of rotatable bonds is 6. The molecule has 144 valence electrons. The zero-order chi connectivity index (χ0) is 19.3. The van der Waals surface area contributed by atoms with Crippen LogP contribution in [0.3, 0.4) is 0 Å². The summed E-state index contributed by atoms with van der Waals surface area (Å²) in [7, 11) is 0. The van der Waals surface area contributed by atoms with E-state index in [-0.39, 0.29) is 5.75 Å². The quantitative estimate of drug-likeness (QED) is 0.434. The van der Waals surface area contributed by atoms with Crippen LogP contribution in [0.5, 0.6) is 0 Å². The minimum atomic E-state index is -0.911. The van der Waals surface area contributed by atoms with Gasteiger partial charge in [-0.15, -0.1) is 11.8 Å². The van der Waals surface area contributed by atoms with Crippen LogP contribution in [0.2, 0.25) is 0 Å². The molecule has 2 aliphatic rings. The summed E-state index contributed by atoms with van der Waals surface area (Å²) in [5, 5.41) is 3.38. The Bertz CT molecular complexity index is 734. The summed E-state index contributed by atoms with van der Waals surface area (Å²) < 4.78 is 4.90. The van der Waals surface area contributed by atoms with Crippen LogP contribution in [0.15, 0.2) is 35.2 Å². The summed E-state index contributed by atoms with van der Waals surface area (Å²) in [6.07, 6.45) is 3.86. The number of carbonyl (C=O) groups is 4. The van der Waals surface area contributed by atoms with E-state index in [1.807, 2.05) is 30.3 Å². The minimum absolute atomic E-state index is 0.0591. The number of nitrogens with zero attached hydrogens (tertiary/aromatic N) is 1. The second kappa shape index (κ2) is 8.43. The van der Waals surface area contributed by atoms with Gasteiger partial charge in [0.1, 0.15) is 5.54 Å². The fourth-order valence-electron chi connectivity index (χ4n) is 3.22. The van der Waals surface area contributed by atoms with Crippen molar-refractivity contribution in [1.29, 1.82) is 0 Å². The second-order valence-electron chi connectivity index (χ2n) is 6.51. The van der Waals surface area contributed by atoms with E-state index in [1.165, 1.54) is 11.8 Å². The minimum Gasteiger partial charge on any atom is -0.455 e. The zero-order valence-electron chi connectivity index (χ0n) is 14.7. The van der Waals surface area contributed by atoms with Crippen molar-refractivity contribution in [3.05, 3.63) is 30.3 Å². The fraction of sp³-hybridized carbons (Fsp3) is 0.444. The molecule has 3 rings (SSSR count). The molecule has 0 bridgehead atoms. The van der Waals surface area contributed by atoms with Crippen molar-refractivity contribution in [2.75, 3.05) is 12.4 Å². The molecular formula is C18H21N3O5S. The second-order valence-corrected chi connectivity index (χ2v) is 7.56. The molecule has 0 atom stereocenters. The predicted molar refractivity (Wildman–Crippen MR) is 97.5 cm³/mol. The first kappa shape index (κ1) is 19.2. The number of carbonyl (C=O) groups excluding carboxylic acids is 4. The van der Waals surface area contributed by atoms with Gasteiger partial charge in [-0.1, -0.05) is 37.5 Å². The molecule has 1 aromatic carbocycles. The Labute approximate surface area is 161 Å². The Morgan fingerprint density at radius 3 is 2.56 bits per heavy atom. The molecular weight excluding hydrogens is 370 g/mol. The number of hydrogen-bond donors (Lipinski definition) is 2. The highest BCUT2D eigenvalue weighted by Gasteiger charge is 2.52. The SMILES string of the molecule is O=C(COC(=O)CSc1ccccc1)NN1C(=O)NC2(CCCCC2)C1=O. The largest absolute Gasteiger partial charge is 0.455 e. The maximum atomic E-state index is 12.5. The first-order valence-corrected chi connectivity index (χ1v) is 9.78. The van der Waals surface area contributed by atoms with E-state index >= 15 is 0 Å². The molecule has 1 saturated heterocycles. The molecule has 0 aromatic heterocycles. The first-order chi connectivity index (χ1) is 13.0. The summed E-state index contributed by atoms with van der Waals surface area (Å²) in [5.74, 6) is -1.68. The van der Waals surface area contributed by atoms with E-state index < -0.39 is 36.0 Å². The summed E-state index contributed by atoms with van der Waals surface area (Å²) >= 11 is 1.29. The van der Waals surface area contributed by atoms with E-state index in [4.69, 9.17) is 4.74 Å². The van der Waals surface area contributed by atoms with E-state index in [0.29, 0.717) is 17.9 Å². The van der Waals surface area contributed by atoms with Gasteiger partial charge < -0.3 is 10.1 Å². The van der Waals surface area contributed by atoms with Crippen molar-refractivity contribution in [3.63, 3.8) is 0 Å². The molecule has 4 amide bonds. The van der Waals surface area contributed by atoms with Crippen LogP contribution < -0.4 is 10.7 Å². The standard InChI is InChI=1S/C18H21N3O5S/c22-14(11-26-15(23)12-27-13-7-3-1-4-8-13)20-21-16(24)18(19-17(21)25)9-5-2-6-10-18/h1,3-4,7-8H,2,5-6,9-12H2,(H,19,25)(H,20,22). The number of hydrogen-bond acceptors (Lipinski definition) is 6. The van der Waals surface area contributed by atoms with Crippen molar-refractivity contribution in [2.24, 2.45) is 0 Å². The maximum absolute atomic E-state index is 12.5. The Balaban J connectivity index is 1.44. The van der Waals surface area contributed by atoms with Crippen LogP contribution in [0.25, 0.3) is 0 Å². The van der Waals surface area contributed by atoms with E-state index in [2.05, 4.69) is 10.7 Å². The third-order valence-electron chi connectivity index (χ3n) is 4.57. The van der Waals surface area contributed by atoms with Crippen molar-refractivity contribution in [3.8, 4) is 0 Å². The number of esters is 1. The smallest absolute Gasteiger partial charge is 0.344 e. The molecule has 1 saturated carbocycles. The Hall–Kier alpha value is -2.55. The van der Waals surface area contributed by atoms with Crippen LogP contribution in [0, 0.1) is 0 Å². The molecule has 1 spiro atoms. The third-order valence-corrected chi connectivity index (χ3v) is 5.56. The van der Waals surface area contributed by atoms with Crippen LogP contribution in [-0.4, -0.2) is 46.7 Å². The van der Waals surface area contributed by atoms with Gasteiger partial charge in [0, 0.05) is 4.90 Å². The number of nitrogens with one attached hydrogen (secondary N) is 2. The molecule has 1 aliphatic carbocycles. The summed E-state index contributed by atoms with van der Waals surface area (Å²) in [5.41, 5.74) is 1.32. The van der Waals surface area contributed by atoms with Gasteiger partial charge >= 0.3 is 12.0 Å². The molecule has 8 nitrogen and oxygen atoms in total. The number of benzene rings is 1. The van der Waals surface area contributed by atoms with Crippen LogP contribution in [0.1, 0.15) is 32.1 Å². The maximum Gasteiger partial charge on any atom is 0.344 e. The average Bonchev–Trinajstić information content (AvgIpc) is 2.90. The number of amides is 4. The van der Waals surface area contributed by atoms with E-state index in [9.17, 15) is 19.2 Å². The number of thioether (sulfide) groups is 1. The molecule has 1 aromatic rings. The van der Waals surface area contributed by atoms with Gasteiger partial charge in [0.25, 0.3) is 11.8 Å². The van der Waals surface area contributed by atoms with Gasteiger partial charge in [-0.2, -0.15) is 5.01 Å². The lowest BCUT2D eigenvalue weighted by atomic mass is 9.82. The monoisotopic (exact) mass is 391 g/mol. The number of urea groups is 1. The molecule has 0 unspecified atom stereocenters. The molecule has 27 heavy (non-hydrogen) atoms. The topological polar surface area (TPSA) is 105 Å². The summed E-state index contributed by atoms with van der Waals surface area (Å²) in [6, 6.07) is 8.67. The zero-order valence-corrected chi connectivity index (χ0v) is 15.5. The molecule has 1 heterocycles. The number of hydrazine groups is 1. The highest BCUT2D eigenvalue weighted by Crippen LogP contribution is 2.32. The van der Waals surface area contributed by atoms with Crippen molar-refractivity contribution in [2.45, 2.75) is 42.5 Å². The Morgan fingerprint density at radius 2 is 1.85 bits per heavy atom. The first-order valence-electron chi connectivity index (χ1n) is 8.80. The molecule has 0 radical (unpaired) electrons. The van der Waals surface area contributed by atoms with E-state index in [1.54, 1.807) is 0 Å². The van der Waals surface area contributed by atoms with E-state index in [0.717, 1.165) is 24.2 Å². The van der Waals surface area contributed by atoms with Crippen LogP contribution >= 0.6 is 11.8 Å². The van der Waals surface area contributed by atoms with Crippen molar-refractivity contribution in [1.82, 2.24) is 15.8 Å². The third kappa shape index (κ3) is 4.60. The lowest BCUT2D eigenvalue weighted by molar-refractivity contribution is -0.148. The molecule has 2 fully saturated rings. The van der Waals surface area contributed by atoms with Gasteiger partial charge in [-0.3, -0.25) is 19.8 Å². The van der Waals surface area contributed by atoms with Gasteiger partial charge in [0.2, 0.25) is 0 Å². The van der Waals surface area contributed by atoms with Gasteiger partial charge in [-0.05, 0) is 25.0 Å². The Morgan fingerprint density at radius 1 is 1.15 bits per heavy atom. The van der Waals surface area contributed by atoms with Gasteiger partial charge in [0.05, 0.1) is 5.75 Å². The fourth-order valence-corrected chi connectivity index (χ4v) is 3.94. The lowest BCUT2D eigenvalue weighted by Crippen LogP contribution is -2.51. The number of ether oxygens (including phenoxy) is 1. The molecule has 1 aliphatic heterocycles. The van der Waals surface area contributed by atoms with Gasteiger partial charge in [0.15, 0.2) is 6.61 Å².